The number of hydrogen-bond acceptors (Lipinski definition) is 6. The fourth-order valence-electron chi connectivity index (χ4n) is 4.15. The molecule has 4 rings (SSSR count). The minimum atomic E-state index is -3.23. The number of carbonyl (C=O) groups excluding carboxylic acids is 1. The average molecular weight is 509 g/mol. The van der Waals surface area contributed by atoms with Crippen molar-refractivity contribution in [3.63, 3.8) is 0 Å². The Morgan fingerprint density at radius 1 is 0.972 bits per heavy atom. The maximum atomic E-state index is 11.9. The monoisotopic (exact) mass is 508 g/mol. The van der Waals surface area contributed by atoms with Crippen molar-refractivity contribution in [2.45, 2.75) is 44.2 Å². The van der Waals surface area contributed by atoms with E-state index >= 15 is 0 Å². The maximum Gasteiger partial charge on any atom is 0.293 e. The van der Waals surface area contributed by atoms with Gasteiger partial charge in [-0.3, -0.25) is 4.79 Å². The van der Waals surface area contributed by atoms with Crippen LogP contribution in [0.25, 0.3) is 11.1 Å². The number of sulfone groups is 1. The third-order valence-electron chi connectivity index (χ3n) is 5.94. The topological polar surface area (TPSA) is 75.7 Å². The lowest BCUT2D eigenvalue weighted by molar-refractivity contribution is -0.138. The molecule has 0 amide bonds. The first kappa shape index (κ1) is 27.4. The molecule has 0 aliphatic carbocycles. The van der Waals surface area contributed by atoms with Gasteiger partial charge >= 0.3 is 0 Å². The molecule has 0 aromatic heterocycles. The summed E-state index contributed by atoms with van der Waals surface area (Å²) in [5.41, 5.74) is 5.40. The summed E-state index contributed by atoms with van der Waals surface area (Å²) in [5.74, 6) is 0. The number of benzene rings is 3. The van der Waals surface area contributed by atoms with Crippen LogP contribution in [-0.4, -0.2) is 46.4 Å². The van der Waals surface area contributed by atoms with Crippen molar-refractivity contribution in [2.24, 2.45) is 0 Å². The number of ether oxygens (including phenoxy) is 1. The quantitative estimate of drug-likeness (QED) is 0.479. The lowest BCUT2D eigenvalue weighted by atomic mass is 9.96. The van der Waals surface area contributed by atoms with Crippen LogP contribution in [0.3, 0.4) is 0 Å². The van der Waals surface area contributed by atoms with Crippen LogP contribution in [-0.2, 0) is 19.4 Å². The minimum Gasteiger partial charge on any atom is -0.462 e. The average Bonchev–Trinajstić information content (AvgIpc) is 2.84. The minimum absolute atomic E-state index is 0.225. The Labute approximate surface area is 215 Å². The summed E-state index contributed by atoms with van der Waals surface area (Å²) in [7, 11) is -3.23. The van der Waals surface area contributed by atoms with Gasteiger partial charge in [0.2, 0.25) is 0 Å². The van der Waals surface area contributed by atoms with Crippen molar-refractivity contribution in [2.75, 3.05) is 30.8 Å². The van der Waals surface area contributed by atoms with E-state index in [9.17, 15) is 13.2 Å². The number of anilines is 1. The highest BCUT2D eigenvalue weighted by molar-refractivity contribution is 7.90. The second-order valence-electron chi connectivity index (χ2n) is 9.95. The highest BCUT2D eigenvalue weighted by atomic mass is 32.2. The molecule has 3 aromatic rings. The van der Waals surface area contributed by atoms with Crippen LogP contribution in [0.15, 0.2) is 77.7 Å². The fourth-order valence-corrected chi connectivity index (χ4v) is 4.82. The summed E-state index contributed by atoms with van der Waals surface area (Å²) in [5, 5.41) is 3.52. The number of nitrogens with zero attached hydrogens (tertiary/aromatic N) is 1. The van der Waals surface area contributed by atoms with Gasteiger partial charge in [0.15, 0.2) is 9.84 Å². The number of nitrogens with one attached hydrogen (secondary N) is 1. The molecular formula is C29H36N2O4S. The maximum absolute atomic E-state index is 11.9. The SMILES string of the molecule is CC(C)(C)OC=O.Cc1ccccc1N1CCNCC1c1cccc(-c2cccc(S(C)(=O)=O)c2)c1. The van der Waals surface area contributed by atoms with Gasteiger partial charge in [0.1, 0.15) is 5.60 Å². The zero-order valence-corrected chi connectivity index (χ0v) is 22.5. The predicted octanol–water partition coefficient (Wildman–Crippen LogP) is 5.17. The van der Waals surface area contributed by atoms with Gasteiger partial charge in [0.05, 0.1) is 10.9 Å². The molecule has 1 atom stereocenters. The van der Waals surface area contributed by atoms with Crippen LogP contribution >= 0.6 is 0 Å². The third-order valence-corrected chi connectivity index (χ3v) is 7.05. The van der Waals surface area contributed by atoms with Crippen LogP contribution < -0.4 is 10.2 Å². The zero-order valence-electron chi connectivity index (χ0n) is 21.7. The van der Waals surface area contributed by atoms with Crippen LogP contribution in [0.2, 0.25) is 0 Å². The largest absolute Gasteiger partial charge is 0.462 e. The number of piperazine rings is 1. The Balaban J connectivity index is 0.000000454. The molecule has 1 aliphatic heterocycles. The van der Waals surface area contributed by atoms with Gasteiger partial charge < -0.3 is 15.0 Å². The van der Waals surface area contributed by atoms with Crippen molar-refractivity contribution < 1.29 is 17.9 Å². The molecule has 7 heteroatoms. The zero-order chi connectivity index (χ0) is 26.3. The number of para-hydroxylation sites is 1. The van der Waals surface area contributed by atoms with Gasteiger partial charge in [-0.2, -0.15) is 0 Å². The lowest BCUT2D eigenvalue weighted by Gasteiger charge is -2.39. The summed E-state index contributed by atoms with van der Waals surface area (Å²) >= 11 is 0. The first-order chi connectivity index (χ1) is 17.0. The molecule has 192 valence electrons. The van der Waals surface area contributed by atoms with Crippen molar-refractivity contribution >= 4 is 22.0 Å². The van der Waals surface area contributed by atoms with E-state index in [-0.39, 0.29) is 11.6 Å². The summed E-state index contributed by atoms with van der Waals surface area (Å²) in [4.78, 5) is 12.4. The molecular weight excluding hydrogens is 472 g/mol. The molecule has 3 aromatic carbocycles. The van der Waals surface area contributed by atoms with Crippen LogP contribution in [0.5, 0.6) is 0 Å². The Morgan fingerprint density at radius 3 is 2.25 bits per heavy atom. The molecule has 1 saturated heterocycles. The standard InChI is InChI=1S/C24H26N2O2S.C5H10O2/c1-18-7-3-4-12-23(18)26-14-13-25-17-24(26)21-10-5-8-19(15-21)20-9-6-11-22(16-20)29(2,27)28;1-5(2,3)7-4-6/h3-12,15-16,24-25H,13-14,17H2,1-2H3;4H,1-3H3. The van der Waals surface area contributed by atoms with E-state index in [1.807, 2.05) is 32.9 Å². The van der Waals surface area contributed by atoms with E-state index in [0.717, 1.165) is 30.8 Å². The molecule has 1 aliphatic rings. The molecule has 36 heavy (non-hydrogen) atoms. The molecule has 1 fully saturated rings. The van der Waals surface area contributed by atoms with E-state index in [1.165, 1.54) is 23.1 Å². The van der Waals surface area contributed by atoms with Crippen molar-refractivity contribution in [3.8, 4) is 11.1 Å². The highest BCUT2D eigenvalue weighted by Crippen LogP contribution is 2.33. The molecule has 0 radical (unpaired) electrons. The highest BCUT2D eigenvalue weighted by Gasteiger charge is 2.25. The Morgan fingerprint density at radius 2 is 1.64 bits per heavy atom. The first-order valence-corrected chi connectivity index (χ1v) is 13.9. The second-order valence-corrected chi connectivity index (χ2v) is 12.0. The van der Waals surface area contributed by atoms with Crippen molar-refractivity contribution in [1.82, 2.24) is 5.32 Å². The summed E-state index contributed by atoms with van der Waals surface area (Å²) in [6.07, 6.45) is 1.25. The normalized spacial score (nSPS) is 16.0. The van der Waals surface area contributed by atoms with Gasteiger partial charge in [0.25, 0.3) is 6.47 Å². The second kappa shape index (κ2) is 11.7. The molecule has 6 nitrogen and oxygen atoms in total. The van der Waals surface area contributed by atoms with E-state index < -0.39 is 9.84 Å². The molecule has 0 saturated carbocycles. The van der Waals surface area contributed by atoms with Crippen LogP contribution in [0, 0.1) is 6.92 Å². The summed E-state index contributed by atoms with van der Waals surface area (Å²) in [6, 6.07) is 24.3. The van der Waals surface area contributed by atoms with Crippen molar-refractivity contribution in [1.29, 1.82) is 0 Å². The number of hydrogen-bond donors (Lipinski definition) is 1. The number of carbonyl (C=O) groups is 1. The number of rotatable bonds is 5. The molecule has 0 spiro atoms. The number of aryl methyl sites for hydroxylation is 1. The van der Waals surface area contributed by atoms with E-state index in [1.54, 1.807) is 18.2 Å². The van der Waals surface area contributed by atoms with Gasteiger partial charge in [0, 0.05) is 31.6 Å². The lowest BCUT2D eigenvalue weighted by Crippen LogP contribution is -2.46. The first-order valence-electron chi connectivity index (χ1n) is 12.0. The molecule has 1 unspecified atom stereocenters. The summed E-state index contributed by atoms with van der Waals surface area (Å²) in [6.45, 7) is 10.9. The van der Waals surface area contributed by atoms with Gasteiger partial charge in [-0.1, -0.05) is 48.5 Å². The smallest absolute Gasteiger partial charge is 0.293 e. The fraction of sp³-hybridized carbons (Fsp3) is 0.345. The van der Waals surface area contributed by atoms with Crippen LogP contribution in [0.1, 0.15) is 37.9 Å². The van der Waals surface area contributed by atoms with E-state index in [2.05, 4.69) is 64.3 Å². The third kappa shape index (κ3) is 7.42. The predicted molar refractivity (Wildman–Crippen MR) is 146 cm³/mol. The molecule has 0 bridgehead atoms. The van der Waals surface area contributed by atoms with Gasteiger partial charge in [-0.25, -0.2) is 8.42 Å². The Kier molecular flexibility index (Phi) is 8.93. The van der Waals surface area contributed by atoms with Crippen molar-refractivity contribution in [3.05, 3.63) is 83.9 Å². The van der Waals surface area contributed by atoms with Gasteiger partial charge in [-0.15, -0.1) is 0 Å². The van der Waals surface area contributed by atoms with E-state index in [0.29, 0.717) is 11.4 Å². The molecule has 1 heterocycles. The molecule has 1 N–H and O–H groups in total. The van der Waals surface area contributed by atoms with E-state index in [4.69, 9.17) is 0 Å². The van der Waals surface area contributed by atoms with Gasteiger partial charge in [-0.05, 0) is 74.2 Å². The summed E-state index contributed by atoms with van der Waals surface area (Å²) < 4.78 is 28.4. The Hall–Kier alpha value is -3.16. The Bertz CT molecular complexity index is 1280. The van der Waals surface area contributed by atoms with Crippen LogP contribution in [0.4, 0.5) is 5.69 Å².